The van der Waals surface area contributed by atoms with Gasteiger partial charge in [0.15, 0.2) is 0 Å². The zero-order valence-corrected chi connectivity index (χ0v) is 13.5. The minimum atomic E-state index is -0.409. The molecule has 120 valence electrons. The molecule has 5 nitrogen and oxygen atoms in total. The van der Waals surface area contributed by atoms with Crippen molar-refractivity contribution in [3.63, 3.8) is 0 Å². The van der Waals surface area contributed by atoms with E-state index in [2.05, 4.69) is 0 Å². The number of anilines is 2. The number of nitrogen functional groups attached to an aromatic ring is 2. The third kappa shape index (κ3) is 3.18. The number of hydrogen-bond donors (Lipinski definition) is 2. The maximum atomic E-state index is 11.1. The number of para-hydroxylation sites is 2. The van der Waals surface area contributed by atoms with Crippen LogP contribution in [0.4, 0.5) is 17.1 Å². The van der Waals surface area contributed by atoms with Crippen LogP contribution in [0.15, 0.2) is 76.5 Å². The van der Waals surface area contributed by atoms with Crippen molar-refractivity contribution in [3.8, 4) is 11.1 Å². The van der Waals surface area contributed by atoms with Crippen LogP contribution in [0.1, 0.15) is 0 Å². The van der Waals surface area contributed by atoms with Crippen molar-refractivity contribution in [1.82, 2.24) is 0 Å². The molecule has 0 bridgehead atoms. The highest BCUT2D eigenvalue weighted by atomic mass is 32.2. The number of hydrogen-bond acceptors (Lipinski definition) is 5. The second-order valence-electron chi connectivity index (χ2n) is 5.16. The van der Waals surface area contributed by atoms with Crippen molar-refractivity contribution >= 4 is 28.8 Å². The average Bonchev–Trinajstić information content (AvgIpc) is 2.58. The first-order chi connectivity index (χ1) is 11.6. The number of nitro benzene ring substituents is 1. The van der Waals surface area contributed by atoms with Gasteiger partial charge in [0, 0.05) is 44.4 Å². The Morgan fingerprint density at radius 3 is 2.12 bits per heavy atom. The molecule has 0 atom stereocenters. The van der Waals surface area contributed by atoms with Gasteiger partial charge in [0.1, 0.15) is 0 Å². The third-order valence-electron chi connectivity index (χ3n) is 3.56. The molecule has 0 amide bonds. The number of nitrogens with zero attached hydrogens (tertiary/aromatic N) is 1. The number of benzene rings is 3. The smallest absolute Gasteiger partial charge is 0.270 e. The molecule has 0 spiro atoms. The minimum absolute atomic E-state index is 0.0265. The lowest BCUT2D eigenvalue weighted by Gasteiger charge is -2.12. The standard InChI is InChI=1S/C18H15N3O2S/c19-15-6-2-1-5-13(15)14-11-12(21(22)23)9-10-17(14)24-18-8-4-3-7-16(18)20/h1-11H,19-20H2. The van der Waals surface area contributed by atoms with Crippen molar-refractivity contribution in [2.45, 2.75) is 9.79 Å². The van der Waals surface area contributed by atoms with Crippen LogP contribution in [0, 0.1) is 10.1 Å². The Morgan fingerprint density at radius 1 is 0.792 bits per heavy atom. The Morgan fingerprint density at radius 2 is 1.46 bits per heavy atom. The third-order valence-corrected chi connectivity index (χ3v) is 4.73. The van der Waals surface area contributed by atoms with Gasteiger partial charge in [0.25, 0.3) is 5.69 Å². The zero-order valence-electron chi connectivity index (χ0n) is 12.7. The molecule has 3 aromatic rings. The number of non-ortho nitro benzene ring substituents is 1. The summed E-state index contributed by atoms with van der Waals surface area (Å²) < 4.78 is 0. The van der Waals surface area contributed by atoms with E-state index in [1.54, 1.807) is 18.2 Å². The van der Waals surface area contributed by atoms with Crippen LogP contribution < -0.4 is 11.5 Å². The summed E-state index contributed by atoms with van der Waals surface area (Å²) in [4.78, 5) is 12.5. The van der Waals surface area contributed by atoms with Crippen LogP contribution in [0.5, 0.6) is 0 Å². The summed E-state index contributed by atoms with van der Waals surface area (Å²) in [5, 5.41) is 11.1. The van der Waals surface area contributed by atoms with Crippen molar-refractivity contribution in [2.24, 2.45) is 0 Å². The first kappa shape index (κ1) is 15.9. The lowest BCUT2D eigenvalue weighted by Crippen LogP contribution is -1.94. The van der Waals surface area contributed by atoms with Crippen LogP contribution in [0.2, 0.25) is 0 Å². The molecular formula is C18H15N3O2S. The fraction of sp³-hybridized carbons (Fsp3) is 0. The summed E-state index contributed by atoms with van der Waals surface area (Å²) >= 11 is 1.46. The van der Waals surface area contributed by atoms with Crippen molar-refractivity contribution in [2.75, 3.05) is 11.5 Å². The van der Waals surface area contributed by atoms with Gasteiger partial charge >= 0.3 is 0 Å². The quantitative estimate of drug-likeness (QED) is 0.413. The number of nitrogens with two attached hydrogens (primary N) is 2. The van der Waals surface area contributed by atoms with Crippen LogP contribution in [-0.2, 0) is 0 Å². The fourth-order valence-corrected chi connectivity index (χ4v) is 3.35. The molecule has 0 aliphatic carbocycles. The van der Waals surface area contributed by atoms with Crippen molar-refractivity contribution in [3.05, 3.63) is 76.8 Å². The molecule has 6 heteroatoms. The highest BCUT2D eigenvalue weighted by Gasteiger charge is 2.15. The maximum absolute atomic E-state index is 11.1. The average molecular weight is 337 g/mol. The van der Waals surface area contributed by atoms with Crippen LogP contribution in [0.25, 0.3) is 11.1 Å². The second kappa shape index (κ2) is 6.64. The van der Waals surface area contributed by atoms with Gasteiger partial charge in [-0.25, -0.2) is 0 Å². The van der Waals surface area contributed by atoms with E-state index in [-0.39, 0.29) is 5.69 Å². The monoisotopic (exact) mass is 337 g/mol. The largest absolute Gasteiger partial charge is 0.398 e. The molecule has 0 saturated heterocycles. The molecule has 24 heavy (non-hydrogen) atoms. The maximum Gasteiger partial charge on any atom is 0.270 e. The first-order valence-corrected chi connectivity index (χ1v) is 8.03. The summed E-state index contributed by atoms with van der Waals surface area (Å²) in [6.45, 7) is 0. The van der Waals surface area contributed by atoms with Gasteiger partial charge in [-0.15, -0.1) is 0 Å². The molecule has 0 aliphatic rings. The van der Waals surface area contributed by atoms with E-state index < -0.39 is 4.92 Å². The van der Waals surface area contributed by atoms with E-state index in [4.69, 9.17) is 11.5 Å². The van der Waals surface area contributed by atoms with E-state index in [1.165, 1.54) is 17.8 Å². The molecule has 3 aromatic carbocycles. The summed E-state index contributed by atoms with van der Waals surface area (Å²) in [5.41, 5.74) is 14.8. The first-order valence-electron chi connectivity index (χ1n) is 7.22. The fourth-order valence-electron chi connectivity index (χ4n) is 2.37. The second-order valence-corrected chi connectivity index (χ2v) is 6.25. The Kier molecular flexibility index (Phi) is 4.39. The summed E-state index contributed by atoms with van der Waals surface area (Å²) in [5.74, 6) is 0. The van der Waals surface area contributed by atoms with Crippen molar-refractivity contribution < 1.29 is 4.92 Å². The Balaban J connectivity index is 2.14. The molecule has 3 rings (SSSR count). The molecule has 0 radical (unpaired) electrons. The predicted octanol–water partition coefficient (Wildman–Crippen LogP) is 4.58. The molecule has 0 unspecified atom stereocenters. The van der Waals surface area contributed by atoms with Gasteiger partial charge in [-0.3, -0.25) is 10.1 Å². The highest BCUT2D eigenvalue weighted by molar-refractivity contribution is 7.99. The Bertz CT molecular complexity index is 912. The molecule has 4 N–H and O–H groups in total. The van der Waals surface area contributed by atoms with Crippen LogP contribution >= 0.6 is 11.8 Å². The van der Waals surface area contributed by atoms with E-state index in [0.29, 0.717) is 11.4 Å². The van der Waals surface area contributed by atoms with E-state index in [1.807, 2.05) is 42.5 Å². The topological polar surface area (TPSA) is 95.2 Å². The molecule has 0 saturated carbocycles. The van der Waals surface area contributed by atoms with E-state index in [0.717, 1.165) is 20.9 Å². The zero-order chi connectivity index (χ0) is 17.1. The van der Waals surface area contributed by atoms with Gasteiger partial charge in [0.2, 0.25) is 0 Å². The molecule has 0 aromatic heterocycles. The van der Waals surface area contributed by atoms with Gasteiger partial charge in [-0.1, -0.05) is 42.1 Å². The van der Waals surface area contributed by atoms with Crippen molar-refractivity contribution in [1.29, 1.82) is 0 Å². The predicted molar refractivity (Wildman–Crippen MR) is 97.9 cm³/mol. The SMILES string of the molecule is Nc1ccccc1Sc1ccc([N+](=O)[O-])cc1-c1ccccc1N. The summed E-state index contributed by atoms with van der Waals surface area (Å²) in [6, 6.07) is 19.6. The molecule has 0 heterocycles. The van der Waals surface area contributed by atoms with Gasteiger partial charge in [-0.05, 0) is 24.3 Å². The lowest BCUT2D eigenvalue weighted by molar-refractivity contribution is -0.384. The normalized spacial score (nSPS) is 10.5. The van der Waals surface area contributed by atoms with E-state index >= 15 is 0 Å². The van der Waals surface area contributed by atoms with E-state index in [9.17, 15) is 10.1 Å². The van der Waals surface area contributed by atoms with Gasteiger partial charge in [0.05, 0.1) is 4.92 Å². The Hall–Kier alpha value is -2.99. The lowest BCUT2D eigenvalue weighted by atomic mass is 10.0. The number of rotatable bonds is 4. The van der Waals surface area contributed by atoms with Gasteiger partial charge in [-0.2, -0.15) is 0 Å². The highest BCUT2D eigenvalue weighted by Crippen LogP contribution is 2.41. The minimum Gasteiger partial charge on any atom is -0.398 e. The Labute approximate surface area is 143 Å². The van der Waals surface area contributed by atoms with Gasteiger partial charge < -0.3 is 11.5 Å². The molecule has 0 aliphatic heterocycles. The molecule has 0 fully saturated rings. The summed E-state index contributed by atoms with van der Waals surface area (Å²) in [7, 11) is 0. The summed E-state index contributed by atoms with van der Waals surface area (Å²) in [6.07, 6.45) is 0. The van der Waals surface area contributed by atoms with Crippen LogP contribution in [0.3, 0.4) is 0 Å². The molecular weight excluding hydrogens is 322 g/mol. The number of nitro groups is 1. The van der Waals surface area contributed by atoms with Crippen LogP contribution in [-0.4, -0.2) is 4.92 Å².